The first-order valence-electron chi connectivity index (χ1n) is 6.88. The Morgan fingerprint density at radius 3 is 2.45 bits per heavy atom. The zero-order valence-corrected chi connectivity index (χ0v) is 12.9. The first-order chi connectivity index (χ1) is 9.45. The minimum absolute atomic E-state index is 0.241. The predicted molar refractivity (Wildman–Crippen MR) is 80.3 cm³/mol. The number of hydrogen-bond donors (Lipinski definition) is 2. The van der Waals surface area contributed by atoms with Crippen LogP contribution in [0.15, 0.2) is 29.2 Å². The first-order valence-corrected chi connectivity index (χ1v) is 8.36. The number of hydrogen-bond acceptors (Lipinski definition) is 4. The topological polar surface area (TPSA) is 81.4 Å². The average molecular weight is 300 g/mol. The van der Waals surface area contributed by atoms with E-state index in [4.69, 9.17) is 10.5 Å². The van der Waals surface area contributed by atoms with Crippen LogP contribution in [0.1, 0.15) is 26.7 Å². The van der Waals surface area contributed by atoms with E-state index in [1.807, 2.05) is 0 Å². The molecule has 0 bridgehead atoms. The quantitative estimate of drug-likeness (QED) is 0.681. The van der Waals surface area contributed by atoms with Crippen molar-refractivity contribution in [2.45, 2.75) is 31.6 Å². The van der Waals surface area contributed by atoms with Gasteiger partial charge in [0.2, 0.25) is 10.0 Å². The number of rotatable bonds is 9. The molecule has 0 aliphatic heterocycles. The summed E-state index contributed by atoms with van der Waals surface area (Å²) in [6, 6.07) is 6.46. The van der Waals surface area contributed by atoms with E-state index >= 15 is 0 Å². The van der Waals surface area contributed by atoms with Crippen molar-refractivity contribution < 1.29 is 13.2 Å². The standard InChI is InChI=1S/C14H24N2O3S/c1-12(2)8-11-19-13-4-6-14(7-5-13)20(17,18)16-10-3-9-15/h4-7,12,16H,3,8-11,15H2,1-2H3. The van der Waals surface area contributed by atoms with Crippen molar-refractivity contribution in [2.75, 3.05) is 19.7 Å². The lowest BCUT2D eigenvalue weighted by Crippen LogP contribution is -2.26. The van der Waals surface area contributed by atoms with Crippen LogP contribution in [-0.4, -0.2) is 28.1 Å². The molecule has 1 aromatic rings. The molecular weight excluding hydrogens is 276 g/mol. The van der Waals surface area contributed by atoms with Gasteiger partial charge in [-0.25, -0.2) is 13.1 Å². The molecular formula is C14H24N2O3S. The Morgan fingerprint density at radius 1 is 1.25 bits per heavy atom. The highest BCUT2D eigenvalue weighted by atomic mass is 32.2. The van der Waals surface area contributed by atoms with Gasteiger partial charge < -0.3 is 10.5 Å². The fourth-order valence-corrected chi connectivity index (χ4v) is 2.59. The van der Waals surface area contributed by atoms with E-state index in [9.17, 15) is 8.42 Å². The van der Waals surface area contributed by atoms with Gasteiger partial charge >= 0.3 is 0 Å². The summed E-state index contributed by atoms with van der Waals surface area (Å²) in [6.07, 6.45) is 1.59. The number of sulfonamides is 1. The van der Waals surface area contributed by atoms with Crippen molar-refractivity contribution in [3.63, 3.8) is 0 Å². The minimum Gasteiger partial charge on any atom is -0.494 e. The zero-order chi connectivity index (χ0) is 15.0. The molecule has 0 unspecified atom stereocenters. The lowest BCUT2D eigenvalue weighted by Gasteiger charge is -2.09. The highest BCUT2D eigenvalue weighted by Gasteiger charge is 2.12. The molecule has 20 heavy (non-hydrogen) atoms. The lowest BCUT2D eigenvalue weighted by molar-refractivity contribution is 0.289. The second kappa shape index (κ2) is 8.24. The Morgan fingerprint density at radius 2 is 1.90 bits per heavy atom. The van der Waals surface area contributed by atoms with E-state index in [2.05, 4.69) is 18.6 Å². The molecule has 6 heteroatoms. The van der Waals surface area contributed by atoms with Crippen LogP contribution < -0.4 is 15.2 Å². The summed E-state index contributed by atoms with van der Waals surface area (Å²) in [5, 5.41) is 0. The van der Waals surface area contributed by atoms with Crippen LogP contribution in [0.5, 0.6) is 5.75 Å². The van der Waals surface area contributed by atoms with Gasteiger partial charge in [-0.05, 0) is 49.6 Å². The van der Waals surface area contributed by atoms with E-state index in [1.165, 1.54) is 0 Å². The second-order valence-corrected chi connectivity index (χ2v) is 6.81. The summed E-state index contributed by atoms with van der Waals surface area (Å²) in [5.41, 5.74) is 5.33. The molecule has 0 spiro atoms. The molecule has 0 aromatic heterocycles. The van der Waals surface area contributed by atoms with Crippen LogP contribution in [0.25, 0.3) is 0 Å². The maximum absolute atomic E-state index is 11.9. The summed E-state index contributed by atoms with van der Waals surface area (Å²) < 4.78 is 31.9. The zero-order valence-electron chi connectivity index (χ0n) is 12.1. The fourth-order valence-electron chi connectivity index (χ4n) is 1.52. The Hall–Kier alpha value is -1.11. The van der Waals surface area contributed by atoms with Crippen molar-refractivity contribution >= 4 is 10.0 Å². The summed E-state index contributed by atoms with van der Waals surface area (Å²) in [7, 11) is -3.44. The number of benzene rings is 1. The molecule has 0 saturated heterocycles. The van der Waals surface area contributed by atoms with Gasteiger partial charge in [0.25, 0.3) is 0 Å². The monoisotopic (exact) mass is 300 g/mol. The van der Waals surface area contributed by atoms with Gasteiger partial charge in [-0.15, -0.1) is 0 Å². The number of ether oxygens (including phenoxy) is 1. The van der Waals surface area contributed by atoms with Crippen molar-refractivity contribution in [3.8, 4) is 5.75 Å². The van der Waals surface area contributed by atoms with Crippen molar-refractivity contribution in [2.24, 2.45) is 11.7 Å². The van der Waals surface area contributed by atoms with Gasteiger partial charge in [-0.1, -0.05) is 13.8 Å². The highest BCUT2D eigenvalue weighted by Crippen LogP contribution is 2.16. The first kappa shape index (κ1) is 16.9. The van der Waals surface area contributed by atoms with Crippen LogP contribution >= 0.6 is 0 Å². The molecule has 1 rings (SSSR count). The van der Waals surface area contributed by atoms with E-state index in [-0.39, 0.29) is 4.90 Å². The van der Waals surface area contributed by atoms with Gasteiger partial charge in [-0.3, -0.25) is 0 Å². The molecule has 0 aliphatic rings. The molecule has 114 valence electrons. The second-order valence-electron chi connectivity index (χ2n) is 5.04. The fraction of sp³-hybridized carbons (Fsp3) is 0.571. The summed E-state index contributed by atoms with van der Waals surface area (Å²) in [5.74, 6) is 1.27. The summed E-state index contributed by atoms with van der Waals surface area (Å²) in [6.45, 7) is 5.72. The van der Waals surface area contributed by atoms with Crippen LogP contribution in [-0.2, 0) is 10.0 Å². The summed E-state index contributed by atoms with van der Waals surface area (Å²) >= 11 is 0. The molecule has 1 aromatic carbocycles. The minimum atomic E-state index is -3.44. The van der Waals surface area contributed by atoms with E-state index in [0.717, 1.165) is 6.42 Å². The van der Waals surface area contributed by atoms with Crippen LogP contribution in [0.4, 0.5) is 0 Å². The Labute approximate surface area is 121 Å². The number of nitrogens with two attached hydrogens (primary N) is 1. The largest absolute Gasteiger partial charge is 0.494 e. The Balaban J connectivity index is 2.56. The molecule has 0 saturated carbocycles. The predicted octanol–water partition coefficient (Wildman–Crippen LogP) is 1.74. The molecule has 0 atom stereocenters. The molecule has 3 N–H and O–H groups in total. The van der Waals surface area contributed by atoms with Crippen LogP contribution in [0.3, 0.4) is 0 Å². The SMILES string of the molecule is CC(C)CCOc1ccc(S(=O)(=O)NCCCN)cc1. The van der Waals surface area contributed by atoms with Gasteiger partial charge in [-0.2, -0.15) is 0 Å². The van der Waals surface area contributed by atoms with Crippen molar-refractivity contribution in [1.82, 2.24) is 4.72 Å². The third kappa shape index (κ3) is 5.90. The maximum atomic E-state index is 11.9. The Bertz CT molecular complexity index is 484. The van der Waals surface area contributed by atoms with Gasteiger partial charge in [0, 0.05) is 6.54 Å². The number of nitrogens with one attached hydrogen (secondary N) is 1. The third-order valence-corrected chi connectivity index (χ3v) is 4.25. The van der Waals surface area contributed by atoms with Crippen LogP contribution in [0.2, 0.25) is 0 Å². The summed E-state index contributed by atoms with van der Waals surface area (Å²) in [4.78, 5) is 0.241. The smallest absolute Gasteiger partial charge is 0.240 e. The Kier molecular flexibility index (Phi) is 6.98. The molecule has 5 nitrogen and oxygen atoms in total. The normalized spacial score (nSPS) is 11.8. The molecule has 0 heterocycles. The third-order valence-electron chi connectivity index (χ3n) is 2.77. The average Bonchev–Trinajstić information content (AvgIpc) is 2.39. The van der Waals surface area contributed by atoms with Crippen LogP contribution in [0, 0.1) is 5.92 Å². The highest BCUT2D eigenvalue weighted by molar-refractivity contribution is 7.89. The van der Waals surface area contributed by atoms with Gasteiger partial charge in [0.15, 0.2) is 0 Å². The molecule has 0 radical (unpaired) electrons. The molecule has 0 fully saturated rings. The lowest BCUT2D eigenvalue weighted by atomic mass is 10.1. The van der Waals surface area contributed by atoms with Gasteiger partial charge in [0.1, 0.15) is 5.75 Å². The molecule has 0 aliphatic carbocycles. The maximum Gasteiger partial charge on any atom is 0.240 e. The van der Waals surface area contributed by atoms with Gasteiger partial charge in [0.05, 0.1) is 11.5 Å². The molecule has 0 amide bonds. The van der Waals surface area contributed by atoms with E-state index in [1.54, 1.807) is 24.3 Å². The van der Waals surface area contributed by atoms with E-state index < -0.39 is 10.0 Å². The van der Waals surface area contributed by atoms with E-state index in [0.29, 0.717) is 37.8 Å². The van der Waals surface area contributed by atoms with Crippen molar-refractivity contribution in [1.29, 1.82) is 0 Å². The van der Waals surface area contributed by atoms with Crippen molar-refractivity contribution in [3.05, 3.63) is 24.3 Å².